The molecule has 1 rings (SSSR count). The van der Waals surface area contributed by atoms with E-state index in [1.165, 1.54) is 11.8 Å². The zero-order valence-corrected chi connectivity index (χ0v) is 11.1. The van der Waals surface area contributed by atoms with Gasteiger partial charge >= 0.3 is 5.97 Å². The monoisotopic (exact) mass is 269 g/mol. The Morgan fingerprint density at radius 1 is 1.28 bits per heavy atom. The van der Waals surface area contributed by atoms with Crippen molar-refractivity contribution in [1.29, 1.82) is 0 Å². The molecule has 6 heteroatoms. The number of amides is 1. The largest absolute Gasteiger partial charge is 0.480 e. The van der Waals surface area contributed by atoms with E-state index in [1.807, 2.05) is 6.92 Å². The molecule has 0 spiro atoms. The number of carbonyl (C=O) groups is 3. The summed E-state index contributed by atoms with van der Waals surface area (Å²) in [6.07, 6.45) is 0.684. The van der Waals surface area contributed by atoms with Crippen LogP contribution in [0.25, 0.3) is 0 Å². The molecule has 1 N–H and O–H groups in total. The van der Waals surface area contributed by atoms with Crippen molar-refractivity contribution < 1.29 is 19.5 Å². The van der Waals surface area contributed by atoms with Crippen LogP contribution in [0.4, 0.5) is 0 Å². The fraction of sp³-hybridized carbons (Fsp3) is 0.417. The van der Waals surface area contributed by atoms with Gasteiger partial charge in [0.1, 0.15) is 6.54 Å². The zero-order chi connectivity index (χ0) is 13.7. The predicted octanol–water partition coefficient (Wildman–Crippen LogP) is 1.89. The fourth-order valence-electron chi connectivity index (χ4n) is 1.48. The van der Waals surface area contributed by atoms with Gasteiger partial charge in [0.05, 0.1) is 9.75 Å². The standard InChI is InChI=1S/C12H15NO4S/c1-3-6-13(7-11(15)16)12(17)10-5-4-9(18-10)8(2)14/h4-5H,3,6-7H2,1-2H3,(H,15,16). The van der Waals surface area contributed by atoms with Gasteiger partial charge in [-0.3, -0.25) is 14.4 Å². The lowest BCUT2D eigenvalue weighted by Gasteiger charge is -2.18. The second-order valence-electron chi connectivity index (χ2n) is 3.84. The van der Waals surface area contributed by atoms with Crippen molar-refractivity contribution in [2.75, 3.05) is 13.1 Å². The Morgan fingerprint density at radius 2 is 1.89 bits per heavy atom. The molecule has 0 unspecified atom stereocenters. The van der Waals surface area contributed by atoms with Gasteiger partial charge in [0.15, 0.2) is 5.78 Å². The van der Waals surface area contributed by atoms with Crippen molar-refractivity contribution >= 4 is 29.0 Å². The summed E-state index contributed by atoms with van der Waals surface area (Å²) in [5.74, 6) is -1.48. The van der Waals surface area contributed by atoms with Crippen LogP contribution < -0.4 is 0 Å². The van der Waals surface area contributed by atoms with E-state index in [1.54, 1.807) is 12.1 Å². The normalized spacial score (nSPS) is 10.1. The molecule has 0 aliphatic rings. The topological polar surface area (TPSA) is 74.7 Å². The minimum absolute atomic E-state index is 0.0978. The maximum atomic E-state index is 12.1. The SMILES string of the molecule is CCCN(CC(=O)O)C(=O)c1ccc(C(C)=O)s1. The lowest BCUT2D eigenvalue weighted by Crippen LogP contribution is -2.35. The molecule has 1 aromatic rings. The first-order valence-electron chi connectivity index (χ1n) is 5.57. The van der Waals surface area contributed by atoms with Gasteiger partial charge < -0.3 is 10.0 Å². The number of thiophene rings is 1. The van der Waals surface area contributed by atoms with Crippen LogP contribution >= 0.6 is 11.3 Å². The number of hydrogen-bond donors (Lipinski definition) is 1. The summed E-state index contributed by atoms with van der Waals surface area (Å²) in [5, 5.41) is 8.76. The summed E-state index contributed by atoms with van der Waals surface area (Å²) in [6.45, 7) is 3.37. The van der Waals surface area contributed by atoms with Gasteiger partial charge in [0.2, 0.25) is 0 Å². The molecule has 1 aromatic heterocycles. The lowest BCUT2D eigenvalue weighted by atomic mass is 10.3. The van der Waals surface area contributed by atoms with E-state index >= 15 is 0 Å². The van der Waals surface area contributed by atoms with E-state index in [9.17, 15) is 14.4 Å². The van der Waals surface area contributed by atoms with Crippen LogP contribution in [0.2, 0.25) is 0 Å². The number of nitrogens with zero attached hydrogens (tertiary/aromatic N) is 1. The molecule has 0 radical (unpaired) electrons. The van der Waals surface area contributed by atoms with E-state index in [4.69, 9.17) is 5.11 Å². The Labute approximate surface area is 109 Å². The molecular weight excluding hydrogens is 254 g/mol. The van der Waals surface area contributed by atoms with Crippen molar-refractivity contribution in [3.05, 3.63) is 21.9 Å². The van der Waals surface area contributed by atoms with E-state index in [0.29, 0.717) is 22.7 Å². The van der Waals surface area contributed by atoms with Crippen LogP contribution in [0.15, 0.2) is 12.1 Å². The first kappa shape index (κ1) is 14.4. The van der Waals surface area contributed by atoms with Crippen molar-refractivity contribution in [2.45, 2.75) is 20.3 Å². The number of rotatable bonds is 6. The van der Waals surface area contributed by atoms with Gasteiger partial charge in [-0.25, -0.2) is 0 Å². The maximum absolute atomic E-state index is 12.1. The van der Waals surface area contributed by atoms with Crippen LogP contribution in [0, 0.1) is 0 Å². The third-order valence-electron chi connectivity index (χ3n) is 2.27. The van der Waals surface area contributed by atoms with Crippen LogP contribution in [-0.4, -0.2) is 40.8 Å². The molecule has 98 valence electrons. The van der Waals surface area contributed by atoms with Crippen LogP contribution in [0.5, 0.6) is 0 Å². The van der Waals surface area contributed by atoms with Gasteiger partial charge in [-0.15, -0.1) is 11.3 Å². The number of ketones is 1. The first-order valence-corrected chi connectivity index (χ1v) is 6.39. The average molecular weight is 269 g/mol. The minimum Gasteiger partial charge on any atom is -0.480 e. The third-order valence-corrected chi connectivity index (χ3v) is 3.44. The number of carbonyl (C=O) groups excluding carboxylic acids is 2. The highest BCUT2D eigenvalue weighted by Gasteiger charge is 2.20. The van der Waals surface area contributed by atoms with E-state index in [0.717, 1.165) is 11.3 Å². The highest BCUT2D eigenvalue weighted by Crippen LogP contribution is 2.19. The number of hydrogen-bond acceptors (Lipinski definition) is 4. The van der Waals surface area contributed by atoms with Crippen molar-refractivity contribution in [3.63, 3.8) is 0 Å². The quantitative estimate of drug-likeness (QED) is 0.800. The average Bonchev–Trinajstić information content (AvgIpc) is 2.76. The van der Waals surface area contributed by atoms with Crippen molar-refractivity contribution in [2.24, 2.45) is 0 Å². The summed E-state index contributed by atoms with van der Waals surface area (Å²) in [7, 11) is 0. The van der Waals surface area contributed by atoms with Gasteiger partial charge in [-0.2, -0.15) is 0 Å². The Morgan fingerprint density at radius 3 is 2.33 bits per heavy atom. The summed E-state index contributed by atoms with van der Waals surface area (Å²) in [6, 6.07) is 3.15. The number of carboxylic acids is 1. The Balaban J connectivity index is 2.87. The van der Waals surface area contributed by atoms with Crippen LogP contribution in [0.3, 0.4) is 0 Å². The highest BCUT2D eigenvalue weighted by atomic mass is 32.1. The van der Waals surface area contributed by atoms with Crippen molar-refractivity contribution in [1.82, 2.24) is 4.90 Å². The molecule has 1 heterocycles. The molecule has 0 aliphatic carbocycles. The van der Waals surface area contributed by atoms with E-state index < -0.39 is 5.97 Å². The van der Waals surface area contributed by atoms with Crippen molar-refractivity contribution in [3.8, 4) is 0 Å². The second kappa shape index (κ2) is 6.30. The zero-order valence-electron chi connectivity index (χ0n) is 10.3. The summed E-state index contributed by atoms with van der Waals surface area (Å²) < 4.78 is 0. The van der Waals surface area contributed by atoms with Gasteiger partial charge in [0.25, 0.3) is 5.91 Å². The minimum atomic E-state index is -1.04. The highest BCUT2D eigenvalue weighted by molar-refractivity contribution is 7.15. The molecule has 0 saturated carbocycles. The molecule has 5 nitrogen and oxygen atoms in total. The molecule has 0 bridgehead atoms. The molecule has 0 fully saturated rings. The third kappa shape index (κ3) is 3.66. The number of aliphatic carboxylic acids is 1. The summed E-state index contributed by atoms with van der Waals surface area (Å²) >= 11 is 1.10. The van der Waals surface area contributed by atoms with E-state index in [-0.39, 0.29) is 18.2 Å². The lowest BCUT2D eigenvalue weighted by molar-refractivity contribution is -0.137. The Hall–Kier alpha value is -1.69. The van der Waals surface area contributed by atoms with Crippen LogP contribution in [0.1, 0.15) is 39.6 Å². The van der Waals surface area contributed by atoms with Gasteiger partial charge in [-0.1, -0.05) is 6.92 Å². The van der Waals surface area contributed by atoms with Gasteiger partial charge in [0, 0.05) is 6.54 Å². The molecule has 0 atom stereocenters. The molecule has 0 aliphatic heterocycles. The second-order valence-corrected chi connectivity index (χ2v) is 4.92. The number of Topliss-reactive ketones (excluding diaryl/α,β-unsaturated/α-hetero) is 1. The Bertz CT molecular complexity index is 466. The predicted molar refractivity (Wildman–Crippen MR) is 68.2 cm³/mol. The summed E-state index contributed by atoms with van der Waals surface area (Å²) in [4.78, 5) is 36.1. The molecular formula is C12H15NO4S. The molecule has 0 aromatic carbocycles. The van der Waals surface area contributed by atoms with E-state index in [2.05, 4.69) is 0 Å². The first-order chi connectivity index (χ1) is 8.45. The number of carboxylic acid groups (broad SMARTS) is 1. The fourth-order valence-corrected chi connectivity index (χ4v) is 2.35. The van der Waals surface area contributed by atoms with Gasteiger partial charge in [-0.05, 0) is 25.5 Å². The maximum Gasteiger partial charge on any atom is 0.323 e. The summed E-state index contributed by atoms with van der Waals surface area (Å²) in [5.41, 5.74) is 0. The molecule has 1 amide bonds. The molecule has 0 saturated heterocycles. The molecule has 18 heavy (non-hydrogen) atoms. The Kier molecular flexibility index (Phi) is 5.03. The van der Waals surface area contributed by atoms with Crippen LogP contribution in [-0.2, 0) is 4.79 Å². The smallest absolute Gasteiger partial charge is 0.323 e.